The summed E-state index contributed by atoms with van der Waals surface area (Å²) < 4.78 is 82.1. The summed E-state index contributed by atoms with van der Waals surface area (Å²) in [7, 11) is -1.47. The van der Waals surface area contributed by atoms with Gasteiger partial charge in [-0.1, -0.05) is 13.0 Å². The molecule has 3 aliphatic carbocycles. The fourth-order valence-corrected chi connectivity index (χ4v) is 9.74. The van der Waals surface area contributed by atoms with Crippen molar-refractivity contribution < 1.29 is 40.8 Å². The molecule has 1 heterocycles. The summed E-state index contributed by atoms with van der Waals surface area (Å²) in [5.41, 5.74) is 2.28. The maximum absolute atomic E-state index is 13.2. The zero-order valence-corrected chi connectivity index (χ0v) is 25.7. The lowest BCUT2D eigenvalue weighted by Crippen LogP contribution is -2.47. The van der Waals surface area contributed by atoms with E-state index < -0.39 is 35.7 Å². The number of rotatable bonds is 11. The number of likely N-dealkylation sites (tertiary alicyclic amines) is 1. The molecular weight excluding hydrogens is 589 g/mol. The van der Waals surface area contributed by atoms with Crippen LogP contribution in [-0.2, 0) is 22.0 Å². The zero-order chi connectivity index (χ0) is 31.0. The van der Waals surface area contributed by atoms with Crippen LogP contribution in [0.2, 0.25) is 0 Å². The van der Waals surface area contributed by atoms with E-state index in [0.717, 1.165) is 70.0 Å². The summed E-state index contributed by atoms with van der Waals surface area (Å²) >= 11 is 0. The Hall–Kier alpha value is -1.59. The molecule has 2 saturated carbocycles. The van der Waals surface area contributed by atoms with Crippen molar-refractivity contribution in [2.75, 3.05) is 31.1 Å². The predicted octanol–water partition coefficient (Wildman–Crippen LogP) is 6.64. The number of esters is 1. The average molecular weight is 634 g/mol. The lowest BCUT2D eigenvalue weighted by Gasteiger charge is -2.53. The Bertz CT molecular complexity index is 1170. The van der Waals surface area contributed by atoms with Crippen LogP contribution < -0.4 is 4.74 Å². The second-order valence-electron chi connectivity index (χ2n) is 13.5. The number of hydrogen-bond donors (Lipinski definition) is 1. The fourth-order valence-electron chi connectivity index (χ4n) is 8.58. The van der Waals surface area contributed by atoms with Gasteiger partial charge < -0.3 is 9.84 Å². The van der Waals surface area contributed by atoms with Crippen molar-refractivity contribution in [2.24, 2.45) is 23.2 Å². The van der Waals surface area contributed by atoms with Crippen molar-refractivity contribution >= 4 is 16.8 Å². The standard InChI is InChI=1S/C32H44F5NO4S/c1-30-13-11-25-24-8-7-23(42-28(40)20-38-14-2-3-15-38)19-22(24)18-21(29(25)26(30)9-10-27(30)39)6-4-16-43(41)17-5-12-31(33,34)32(35,36)37/h7-8,19,21,25-27,29,39H,2-6,9-18,20H2,1H3/t21-,25-,26+,27+,29-,30+,43?/m1/s1. The first-order valence-electron chi connectivity index (χ1n) is 15.8. The molecule has 0 radical (unpaired) electrons. The van der Waals surface area contributed by atoms with E-state index in [1.54, 1.807) is 0 Å². The molecule has 5 nitrogen and oxygen atoms in total. The van der Waals surface area contributed by atoms with E-state index >= 15 is 0 Å². The van der Waals surface area contributed by atoms with E-state index in [2.05, 4.69) is 17.9 Å². The van der Waals surface area contributed by atoms with Crippen LogP contribution in [0, 0.1) is 23.2 Å². The number of carbonyl (C=O) groups excluding carboxylic acids is 1. The van der Waals surface area contributed by atoms with Crippen molar-refractivity contribution in [3.8, 4) is 5.75 Å². The highest BCUT2D eigenvalue weighted by Crippen LogP contribution is 2.62. The van der Waals surface area contributed by atoms with Crippen LogP contribution >= 0.6 is 0 Å². The molecule has 0 amide bonds. The van der Waals surface area contributed by atoms with Gasteiger partial charge in [-0.05, 0) is 130 Å². The molecular formula is C32H44F5NO4S. The lowest BCUT2D eigenvalue weighted by molar-refractivity contribution is -0.284. The fraction of sp³-hybridized carbons (Fsp3) is 0.781. The normalized spacial score (nSPS) is 31.7. The van der Waals surface area contributed by atoms with Gasteiger partial charge in [0.15, 0.2) is 0 Å². The third kappa shape index (κ3) is 7.13. The number of aliphatic hydroxyl groups excluding tert-OH is 1. The molecule has 0 aromatic heterocycles. The lowest BCUT2D eigenvalue weighted by atomic mass is 9.52. The van der Waals surface area contributed by atoms with Crippen LogP contribution in [0.15, 0.2) is 18.2 Å². The van der Waals surface area contributed by atoms with Gasteiger partial charge >= 0.3 is 18.1 Å². The van der Waals surface area contributed by atoms with E-state index in [1.165, 1.54) is 5.56 Å². The van der Waals surface area contributed by atoms with Crippen molar-refractivity contribution in [2.45, 2.75) is 102 Å². The maximum Gasteiger partial charge on any atom is 0.453 e. The van der Waals surface area contributed by atoms with Crippen LogP contribution in [-0.4, -0.2) is 69.5 Å². The molecule has 1 aromatic carbocycles. The molecule has 0 bridgehead atoms. The minimum absolute atomic E-state index is 0.144. The van der Waals surface area contributed by atoms with Crippen LogP contribution in [0.5, 0.6) is 5.75 Å². The molecule has 1 saturated heterocycles. The molecule has 0 spiro atoms. The Kier molecular flexibility index (Phi) is 9.94. The topological polar surface area (TPSA) is 66.8 Å². The molecule has 7 atom stereocenters. The summed E-state index contributed by atoms with van der Waals surface area (Å²) in [5.74, 6) is -3.16. The highest BCUT2D eigenvalue weighted by atomic mass is 32.2. The van der Waals surface area contributed by atoms with E-state index in [4.69, 9.17) is 4.74 Å². The van der Waals surface area contributed by atoms with E-state index in [-0.39, 0.29) is 41.5 Å². The molecule has 5 rings (SSSR count). The SMILES string of the molecule is C[C@]12CC[C@@H]3c4ccc(OC(=O)CN5CCCC5)cc4C[C@@H](CCCS(=O)CCCC(F)(F)C(F)(F)F)[C@H]3[C@@H]1CC[C@@H]2O. The third-order valence-corrected chi connectivity index (χ3v) is 12.3. The summed E-state index contributed by atoms with van der Waals surface area (Å²) in [4.78, 5) is 14.7. The van der Waals surface area contributed by atoms with Crippen LogP contribution in [0.4, 0.5) is 22.0 Å². The summed E-state index contributed by atoms with van der Waals surface area (Å²) in [6.07, 6.45) is 0.197. The first-order chi connectivity index (χ1) is 20.3. The van der Waals surface area contributed by atoms with Crippen molar-refractivity contribution in [1.29, 1.82) is 0 Å². The van der Waals surface area contributed by atoms with Crippen LogP contribution in [0.3, 0.4) is 0 Å². The number of aliphatic hydroxyl groups is 1. The minimum Gasteiger partial charge on any atom is -0.426 e. The minimum atomic E-state index is -5.59. The second kappa shape index (κ2) is 13.0. The van der Waals surface area contributed by atoms with Gasteiger partial charge in [-0.2, -0.15) is 22.0 Å². The third-order valence-electron chi connectivity index (χ3n) is 10.8. The Morgan fingerprint density at radius 3 is 2.53 bits per heavy atom. The van der Waals surface area contributed by atoms with Crippen LogP contribution in [0.1, 0.15) is 88.2 Å². The first kappa shape index (κ1) is 32.8. The number of hydrogen-bond acceptors (Lipinski definition) is 5. The highest BCUT2D eigenvalue weighted by Gasteiger charge is 2.57. The van der Waals surface area contributed by atoms with Gasteiger partial charge in [-0.25, -0.2) is 0 Å². The summed E-state index contributed by atoms with van der Waals surface area (Å²) in [5, 5.41) is 10.9. The Balaban J connectivity index is 1.25. The van der Waals surface area contributed by atoms with E-state index in [9.17, 15) is 36.1 Å². The number of nitrogens with zero attached hydrogens (tertiary/aromatic N) is 1. The second-order valence-corrected chi connectivity index (χ2v) is 15.2. The van der Waals surface area contributed by atoms with E-state index in [0.29, 0.717) is 29.9 Å². The Labute approximate surface area is 253 Å². The molecule has 11 heteroatoms. The number of halogens is 5. The van der Waals surface area contributed by atoms with Crippen LogP contribution in [0.25, 0.3) is 0 Å². The van der Waals surface area contributed by atoms with Crippen molar-refractivity contribution in [3.05, 3.63) is 29.3 Å². The van der Waals surface area contributed by atoms with Gasteiger partial charge in [0.25, 0.3) is 0 Å². The van der Waals surface area contributed by atoms with Gasteiger partial charge in [-0.3, -0.25) is 13.9 Å². The first-order valence-corrected chi connectivity index (χ1v) is 17.3. The predicted molar refractivity (Wildman–Crippen MR) is 155 cm³/mol. The monoisotopic (exact) mass is 633 g/mol. The van der Waals surface area contributed by atoms with Gasteiger partial charge in [0, 0.05) is 28.7 Å². The smallest absolute Gasteiger partial charge is 0.426 e. The number of fused-ring (bicyclic) bond motifs is 5. The molecule has 3 fully saturated rings. The van der Waals surface area contributed by atoms with Crippen molar-refractivity contribution in [1.82, 2.24) is 4.90 Å². The number of benzene rings is 1. The van der Waals surface area contributed by atoms with Crippen molar-refractivity contribution in [3.63, 3.8) is 0 Å². The molecule has 1 N–H and O–H groups in total. The average Bonchev–Trinajstić information content (AvgIpc) is 3.54. The van der Waals surface area contributed by atoms with E-state index in [1.807, 2.05) is 12.1 Å². The Morgan fingerprint density at radius 2 is 1.81 bits per heavy atom. The molecule has 4 aliphatic rings. The van der Waals surface area contributed by atoms with Gasteiger partial charge in [0.2, 0.25) is 0 Å². The summed E-state index contributed by atoms with van der Waals surface area (Å²) in [6.45, 7) is 4.29. The summed E-state index contributed by atoms with van der Waals surface area (Å²) in [6, 6.07) is 5.97. The molecule has 1 aromatic rings. The van der Waals surface area contributed by atoms with Gasteiger partial charge in [-0.15, -0.1) is 0 Å². The quantitative estimate of drug-likeness (QED) is 0.168. The highest BCUT2D eigenvalue weighted by molar-refractivity contribution is 7.84. The zero-order valence-electron chi connectivity index (χ0n) is 24.8. The number of carbonyl (C=O) groups is 1. The molecule has 1 aliphatic heterocycles. The number of ether oxygens (including phenoxy) is 1. The maximum atomic E-state index is 13.2. The molecule has 242 valence electrons. The molecule has 43 heavy (non-hydrogen) atoms. The number of alkyl halides is 5. The largest absolute Gasteiger partial charge is 0.453 e. The van der Waals surface area contributed by atoms with Gasteiger partial charge in [0.05, 0.1) is 12.6 Å². The molecule has 1 unspecified atom stereocenters. The Morgan fingerprint density at radius 1 is 1.09 bits per heavy atom. The van der Waals surface area contributed by atoms with Gasteiger partial charge in [0.1, 0.15) is 5.75 Å².